The van der Waals surface area contributed by atoms with Gasteiger partial charge in [0.05, 0.1) is 5.56 Å². The molecule has 1 unspecified atom stereocenters. The highest BCUT2D eigenvalue weighted by Crippen LogP contribution is 2.45. The topological polar surface area (TPSA) is 61.8 Å². The van der Waals surface area contributed by atoms with Gasteiger partial charge >= 0.3 is 5.97 Å². The highest BCUT2D eigenvalue weighted by molar-refractivity contribution is 6.00. The van der Waals surface area contributed by atoms with Gasteiger partial charge in [-0.2, -0.15) is 0 Å². The Balaban J connectivity index is 1.95. The van der Waals surface area contributed by atoms with Gasteiger partial charge in [0, 0.05) is 47.6 Å². The van der Waals surface area contributed by atoms with E-state index in [1.807, 2.05) is 25.1 Å². The zero-order chi connectivity index (χ0) is 22.8. The number of hydrogen-bond donors (Lipinski definition) is 2. The van der Waals surface area contributed by atoms with E-state index in [-0.39, 0.29) is 6.04 Å². The fraction of sp³-hybridized carbons (Fsp3) is 0.296. The summed E-state index contributed by atoms with van der Waals surface area (Å²) in [6.45, 7) is 10.9. The predicted molar refractivity (Wildman–Crippen MR) is 129 cm³/mol. The summed E-state index contributed by atoms with van der Waals surface area (Å²) in [6.07, 6.45) is 6.21. The average molecular weight is 431 g/mol. The first-order valence-electron chi connectivity index (χ1n) is 11.3. The summed E-state index contributed by atoms with van der Waals surface area (Å²) in [5.41, 5.74) is 5.73. The fourth-order valence-corrected chi connectivity index (χ4v) is 4.44. The lowest BCUT2D eigenvalue weighted by Crippen LogP contribution is -2.28. The second-order valence-corrected chi connectivity index (χ2v) is 8.07. The van der Waals surface area contributed by atoms with E-state index in [9.17, 15) is 9.90 Å². The van der Waals surface area contributed by atoms with Crippen LogP contribution >= 0.6 is 0 Å². The number of aryl methyl sites for hydroxylation is 1. The zero-order valence-corrected chi connectivity index (χ0v) is 19.1. The molecule has 1 heterocycles. The van der Waals surface area contributed by atoms with Crippen molar-refractivity contribution in [1.82, 2.24) is 5.32 Å². The van der Waals surface area contributed by atoms with Gasteiger partial charge in [0.25, 0.3) is 0 Å². The maximum atomic E-state index is 12.1. The van der Waals surface area contributed by atoms with E-state index in [0.717, 1.165) is 59.1 Å². The molecule has 1 aliphatic heterocycles. The van der Waals surface area contributed by atoms with Crippen LogP contribution in [0.25, 0.3) is 5.57 Å². The number of anilines is 1. The third kappa shape index (κ3) is 3.96. The molecule has 4 rings (SSSR count). The molecule has 0 saturated carbocycles. The Morgan fingerprint density at radius 1 is 1.09 bits per heavy atom. The van der Waals surface area contributed by atoms with Crippen LogP contribution in [0.3, 0.4) is 0 Å². The molecule has 0 spiro atoms. The van der Waals surface area contributed by atoms with Crippen LogP contribution in [0.2, 0.25) is 0 Å². The summed E-state index contributed by atoms with van der Waals surface area (Å²) in [6, 6.07) is 11.9. The van der Waals surface area contributed by atoms with Gasteiger partial charge in [-0.1, -0.05) is 36.8 Å². The molecule has 0 saturated heterocycles. The number of likely N-dealkylation sites (N-methyl/N-ethyl adjacent to an activating group) is 1. The van der Waals surface area contributed by atoms with E-state index in [0.29, 0.717) is 11.1 Å². The summed E-state index contributed by atoms with van der Waals surface area (Å²) in [5, 5.41) is 13.4. The Kier molecular flexibility index (Phi) is 6.19. The Morgan fingerprint density at radius 3 is 2.53 bits per heavy atom. The molecule has 166 valence electrons. The predicted octanol–water partition coefficient (Wildman–Crippen LogP) is 5.17. The van der Waals surface area contributed by atoms with E-state index in [1.54, 1.807) is 6.07 Å². The smallest absolute Gasteiger partial charge is 0.336 e. The maximum absolute atomic E-state index is 12.1. The molecule has 1 aliphatic carbocycles. The van der Waals surface area contributed by atoms with Gasteiger partial charge in [0.1, 0.15) is 11.5 Å². The normalized spacial score (nSPS) is 16.8. The number of carboxylic acids is 1. The van der Waals surface area contributed by atoms with Gasteiger partial charge in [-0.05, 0) is 57.2 Å². The molecule has 0 bridgehead atoms. The number of ether oxygens (including phenoxy) is 1. The van der Waals surface area contributed by atoms with E-state index < -0.39 is 5.97 Å². The minimum atomic E-state index is -0.930. The lowest BCUT2D eigenvalue weighted by Gasteiger charge is -2.30. The van der Waals surface area contributed by atoms with Crippen molar-refractivity contribution >= 4 is 17.2 Å². The van der Waals surface area contributed by atoms with Crippen LogP contribution in [-0.2, 0) is 0 Å². The molecule has 0 amide bonds. The van der Waals surface area contributed by atoms with Crippen molar-refractivity contribution in [3.63, 3.8) is 0 Å². The van der Waals surface area contributed by atoms with E-state index in [2.05, 4.69) is 61.3 Å². The molecule has 2 aromatic carbocycles. The second-order valence-electron chi connectivity index (χ2n) is 8.07. The number of fused-ring (bicyclic) bond motifs is 2. The third-order valence-corrected chi connectivity index (χ3v) is 6.03. The van der Waals surface area contributed by atoms with Gasteiger partial charge in [-0.25, -0.2) is 4.79 Å². The Hall–Kier alpha value is -3.31. The fourth-order valence-electron chi connectivity index (χ4n) is 4.44. The minimum absolute atomic E-state index is 0.0736. The molecule has 0 radical (unpaired) electrons. The molecule has 5 heteroatoms. The summed E-state index contributed by atoms with van der Waals surface area (Å²) >= 11 is 0. The molecule has 0 fully saturated rings. The van der Waals surface area contributed by atoms with E-state index in [4.69, 9.17) is 4.74 Å². The average Bonchev–Trinajstić information content (AvgIpc) is 2.78. The largest absolute Gasteiger partial charge is 0.478 e. The third-order valence-electron chi connectivity index (χ3n) is 6.03. The number of aromatic carboxylic acids is 1. The van der Waals surface area contributed by atoms with Crippen molar-refractivity contribution in [1.29, 1.82) is 0 Å². The first-order valence-corrected chi connectivity index (χ1v) is 11.3. The van der Waals surface area contributed by atoms with E-state index in [1.165, 1.54) is 0 Å². The van der Waals surface area contributed by atoms with Gasteiger partial charge in [0.15, 0.2) is 0 Å². The monoisotopic (exact) mass is 430 g/mol. The first-order chi connectivity index (χ1) is 15.5. The lowest BCUT2D eigenvalue weighted by atomic mass is 9.84. The van der Waals surface area contributed by atoms with Gasteiger partial charge in [-0.15, -0.1) is 0 Å². The first kappa shape index (κ1) is 21.9. The van der Waals surface area contributed by atoms with Gasteiger partial charge in [-0.3, -0.25) is 0 Å². The van der Waals surface area contributed by atoms with E-state index >= 15 is 0 Å². The summed E-state index contributed by atoms with van der Waals surface area (Å²) in [5.74, 6) is 0.580. The van der Waals surface area contributed by atoms with Crippen LogP contribution in [0.4, 0.5) is 5.69 Å². The molecule has 2 aliphatic rings. The summed E-state index contributed by atoms with van der Waals surface area (Å²) in [7, 11) is 0. The highest BCUT2D eigenvalue weighted by Gasteiger charge is 2.29. The van der Waals surface area contributed by atoms with Crippen LogP contribution in [0, 0.1) is 6.92 Å². The second kappa shape index (κ2) is 9.05. The molecule has 5 nitrogen and oxygen atoms in total. The standard InChI is InChI=1S/C27H30N2O3/c1-5-28-18-9-12-21-24(15-18)32-25-16-19(29(6-2)7-3)10-13-22(25)26(21)20-11-8-17(4)14-23(20)27(30)31/h8-16,18,28H,5-7H2,1-4H3,(H,30,31). The SMILES string of the molecule is CCNC1C=CC2=C(c3ccc(C)cc3C(=O)O)c3ccc(N(CC)CC)cc3OC2=C1. The van der Waals surface area contributed by atoms with Crippen LogP contribution in [-0.4, -0.2) is 36.8 Å². The molecule has 2 aromatic rings. The molecular formula is C27H30N2O3. The number of allylic oxidation sites excluding steroid dienone is 1. The van der Waals surface area contributed by atoms with Crippen molar-refractivity contribution in [2.24, 2.45) is 0 Å². The van der Waals surface area contributed by atoms with Gasteiger partial charge in [0.2, 0.25) is 0 Å². The number of nitrogens with one attached hydrogen (secondary N) is 1. The molecule has 2 N–H and O–H groups in total. The Labute approximate surface area is 189 Å². The Morgan fingerprint density at radius 2 is 1.84 bits per heavy atom. The van der Waals surface area contributed by atoms with Crippen molar-refractivity contribution in [3.05, 3.63) is 88.2 Å². The Bertz CT molecular complexity index is 1140. The van der Waals surface area contributed by atoms with Crippen LogP contribution in [0.5, 0.6) is 5.75 Å². The number of carbonyl (C=O) groups is 1. The molecule has 1 atom stereocenters. The van der Waals surface area contributed by atoms with Crippen LogP contribution in [0.15, 0.2) is 66.0 Å². The van der Waals surface area contributed by atoms with Crippen LogP contribution < -0.4 is 15.0 Å². The quantitative estimate of drug-likeness (QED) is 0.635. The molecule has 0 aromatic heterocycles. The number of hydrogen-bond acceptors (Lipinski definition) is 4. The number of rotatable bonds is 7. The van der Waals surface area contributed by atoms with Crippen molar-refractivity contribution in [2.45, 2.75) is 33.7 Å². The zero-order valence-electron chi connectivity index (χ0n) is 19.1. The van der Waals surface area contributed by atoms with Crippen molar-refractivity contribution in [2.75, 3.05) is 24.5 Å². The van der Waals surface area contributed by atoms with Crippen molar-refractivity contribution < 1.29 is 14.6 Å². The number of benzene rings is 2. The summed E-state index contributed by atoms with van der Waals surface area (Å²) < 4.78 is 6.41. The number of nitrogens with zero attached hydrogens (tertiary/aromatic N) is 1. The number of carboxylic acid groups (broad SMARTS) is 1. The van der Waals surface area contributed by atoms with Gasteiger partial charge < -0.3 is 20.1 Å². The molecular weight excluding hydrogens is 400 g/mol. The lowest BCUT2D eigenvalue weighted by molar-refractivity contribution is 0.0696. The van der Waals surface area contributed by atoms with Crippen LogP contribution in [0.1, 0.15) is 47.8 Å². The molecule has 32 heavy (non-hydrogen) atoms. The minimum Gasteiger partial charge on any atom is -0.478 e. The van der Waals surface area contributed by atoms with Crippen molar-refractivity contribution in [3.8, 4) is 5.75 Å². The highest BCUT2D eigenvalue weighted by atomic mass is 16.5. The maximum Gasteiger partial charge on any atom is 0.336 e. The summed E-state index contributed by atoms with van der Waals surface area (Å²) in [4.78, 5) is 14.4.